The molecule has 0 radical (unpaired) electrons. The Morgan fingerprint density at radius 2 is 2.16 bits per heavy atom. The van der Waals surface area contributed by atoms with E-state index in [1.165, 1.54) is 5.01 Å². The molecule has 0 aliphatic carbocycles. The highest BCUT2D eigenvalue weighted by Gasteiger charge is 2.37. The lowest BCUT2D eigenvalue weighted by atomic mass is 10.1. The topological polar surface area (TPSA) is 40.6 Å². The van der Waals surface area contributed by atoms with E-state index in [-0.39, 0.29) is 18.6 Å². The number of halogens is 3. The van der Waals surface area contributed by atoms with Gasteiger partial charge in [0.25, 0.3) is 0 Å². The standard InChI is InChI=1S/C17H23F3N4O/c1-12(2)15-5-7-23(11-17(18,19)20)24(15)13-3-4-14(22-9-13)16-10-21-6-8-25-16/h3-5,9,12,16,21H,6-8,10-11H2,1-2H3/t16-/m0/s1. The third-order valence-corrected chi connectivity index (χ3v) is 4.26. The smallest absolute Gasteiger partial charge is 0.369 e. The van der Waals surface area contributed by atoms with Gasteiger partial charge in [-0.25, -0.2) is 5.01 Å². The summed E-state index contributed by atoms with van der Waals surface area (Å²) in [6.07, 6.45) is -0.905. The summed E-state index contributed by atoms with van der Waals surface area (Å²) in [5, 5.41) is 6.17. The van der Waals surface area contributed by atoms with Crippen molar-refractivity contribution >= 4 is 5.69 Å². The highest BCUT2D eigenvalue weighted by molar-refractivity contribution is 5.52. The van der Waals surface area contributed by atoms with Gasteiger partial charge in [0.15, 0.2) is 0 Å². The summed E-state index contributed by atoms with van der Waals surface area (Å²) in [6.45, 7) is 5.32. The first-order valence-electron chi connectivity index (χ1n) is 8.45. The lowest BCUT2D eigenvalue weighted by molar-refractivity contribution is -0.144. The average molecular weight is 356 g/mol. The molecule has 1 aromatic rings. The summed E-state index contributed by atoms with van der Waals surface area (Å²) in [6, 6.07) is 3.64. The van der Waals surface area contributed by atoms with Crippen LogP contribution in [0.3, 0.4) is 0 Å². The van der Waals surface area contributed by atoms with Gasteiger partial charge in [0.05, 0.1) is 24.2 Å². The van der Waals surface area contributed by atoms with Crippen LogP contribution in [0.25, 0.3) is 0 Å². The molecule has 0 amide bonds. The minimum absolute atomic E-state index is 0.115. The Labute approximate surface area is 145 Å². The molecule has 138 valence electrons. The fourth-order valence-electron chi connectivity index (χ4n) is 3.13. The van der Waals surface area contributed by atoms with Crippen LogP contribution in [0, 0.1) is 5.92 Å². The fourth-order valence-corrected chi connectivity index (χ4v) is 3.13. The summed E-state index contributed by atoms with van der Waals surface area (Å²) in [4.78, 5) is 4.43. The molecular weight excluding hydrogens is 333 g/mol. The first-order valence-corrected chi connectivity index (χ1v) is 8.45. The van der Waals surface area contributed by atoms with E-state index >= 15 is 0 Å². The number of alkyl halides is 3. The molecule has 25 heavy (non-hydrogen) atoms. The number of morpholine rings is 1. The minimum Gasteiger partial charge on any atom is -0.369 e. The van der Waals surface area contributed by atoms with E-state index in [0.29, 0.717) is 18.8 Å². The molecule has 0 spiro atoms. The molecule has 0 saturated carbocycles. The first-order chi connectivity index (χ1) is 11.8. The zero-order valence-electron chi connectivity index (χ0n) is 14.4. The highest BCUT2D eigenvalue weighted by Crippen LogP contribution is 2.32. The van der Waals surface area contributed by atoms with Crippen molar-refractivity contribution < 1.29 is 17.9 Å². The molecule has 1 saturated heterocycles. The van der Waals surface area contributed by atoms with Crippen LogP contribution in [0.4, 0.5) is 18.9 Å². The quantitative estimate of drug-likeness (QED) is 0.898. The predicted molar refractivity (Wildman–Crippen MR) is 88.8 cm³/mol. The lowest BCUT2D eigenvalue weighted by Crippen LogP contribution is -2.44. The summed E-state index contributed by atoms with van der Waals surface area (Å²) in [5.74, 6) is 0.115. The van der Waals surface area contributed by atoms with E-state index in [1.807, 2.05) is 32.1 Å². The van der Waals surface area contributed by atoms with Crippen molar-refractivity contribution in [1.82, 2.24) is 15.3 Å². The maximum Gasteiger partial charge on any atom is 0.403 e. The number of aromatic nitrogens is 1. The molecular formula is C17H23F3N4O. The van der Waals surface area contributed by atoms with Gasteiger partial charge in [-0.15, -0.1) is 0 Å². The largest absolute Gasteiger partial charge is 0.403 e. The summed E-state index contributed by atoms with van der Waals surface area (Å²) in [5.41, 5.74) is 2.27. The van der Waals surface area contributed by atoms with Crippen molar-refractivity contribution in [2.45, 2.75) is 26.1 Å². The average Bonchev–Trinajstić information content (AvgIpc) is 2.98. The number of nitrogens with one attached hydrogen (secondary N) is 1. The minimum atomic E-state index is -4.26. The normalized spacial score (nSPS) is 22.6. The van der Waals surface area contributed by atoms with Crippen molar-refractivity contribution in [3.8, 4) is 0 Å². The second-order valence-electron chi connectivity index (χ2n) is 6.56. The van der Waals surface area contributed by atoms with E-state index in [1.54, 1.807) is 11.2 Å². The number of nitrogens with zero attached hydrogens (tertiary/aromatic N) is 3. The predicted octanol–water partition coefficient (Wildman–Crippen LogP) is 2.88. The molecule has 3 heterocycles. The molecule has 2 aliphatic heterocycles. The lowest BCUT2D eigenvalue weighted by Gasteiger charge is -2.34. The molecule has 1 N–H and O–H groups in total. The maximum absolute atomic E-state index is 12.9. The molecule has 1 atom stereocenters. The van der Waals surface area contributed by atoms with Gasteiger partial charge in [-0.05, 0) is 24.1 Å². The molecule has 8 heteroatoms. The van der Waals surface area contributed by atoms with Gasteiger partial charge in [-0.3, -0.25) is 9.99 Å². The number of pyridine rings is 1. The van der Waals surface area contributed by atoms with Crippen LogP contribution in [0.15, 0.2) is 30.1 Å². The Morgan fingerprint density at radius 1 is 1.36 bits per heavy atom. The molecule has 3 rings (SSSR count). The monoisotopic (exact) mass is 356 g/mol. The Kier molecular flexibility index (Phi) is 5.31. The number of hydrogen-bond donors (Lipinski definition) is 1. The van der Waals surface area contributed by atoms with Crippen molar-refractivity contribution in [2.75, 3.05) is 37.8 Å². The molecule has 0 unspecified atom stereocenters. The Morgan fingerprint density at radius 3 is 2.72 bits per heavy atom. The Hall–Kier alpha value is -1.64. The Bertz CT molecular complexity index is 609. The van der Waals surface area contributed by atoms with Gasteiger partial charge in [-0.1, -0.05) is 13.8 Å². The molecule has 0 bridgehead atoms. The zero-order chi connectivity index (χ0) is 18.0. The van der Waals surface area contributed by atoms with Gasteiger partial charge in [0.1, 0.15) is 12.6 Å². The van der Waals surface area contributed by atoms with Gasteiger partial charge in [0, 0.05) is 25.3 Å². The second-order valence-corrected chi connectivity index (χ2v) is 6.56. The van der Waals surface area contributed by atoms with Crippen molar-refractivity contribution in [3.63, 3.8) is 0 Å². The Balaban J connectivity index is 1.81. The number of hydrazine groups is 1. The molecule has 1 aromatic heterocycles. The van der Waals surface area contributed by atoms with E-state index in [2.05, 4.69) is 10.3 Å². The molecule has 1 fully saturated rings. The van der Waals surface area contributed by atoms with Crippen LogP contribution in [-0.4, -0.2) is 49.0 Å². The zero-order valence-corrected chi connectivity index (χ0v) is 14.4. The maximum atomic E-state index is 12.9. The fraction of sp³-hybridized carbons (Fsp3) is 0.588. The third-order valence-electron chi connectivity index (χ3n) is 4.26. The van der Waals surface area contributed by atoms with E-state index in [4.69, 9.17) is 4.74 Å². The van der Waals surface area contributed by atoms with Gasteiger partial charge >= 0.3 is 6.18 Å². The summed E-state index contributed by atoms with van der Waals surface area (Å²) >= 11 is 0. The molecule has 2 aliphatic rings. The number of rotatable bonds is 4. The van der Waals surface area contributed by atoms with Crippen LogP contribution < -0.4 is 10.3 Å². The van der Waals surface area contributed by atoms with E-state index in [9.17, 15) is 13.2 Å². The van der Waals surface area contributed by atoms with E-state index in [0.717, 1.165) is 17.9 Å². The third kappa shape index (κ3) is 4.31. The van der Waals surface area contributed by atoms with Gasteiger partial charge in [-0.2, -0.15) is 13.2 Å². The molecule has 0 aromatic carbocycles. The van der Waals surface area contributed by atoms with Gasteiger partial charge < -0.3 is 10.1 Å². The van der Waals surface area contributed by atoms with Crippen molar-refractivity contribution in [3.05, 3.63) is 35.8 Å². The summed E-state index contributed by atoms with van der Waals surface area (Å²) in [7, 11) is 0. The molecule has 5 nitrogen and oxygen atoms in total. The van der Waals surface area contributed by atoms with Crippen LogP contribution in [0.5, 0.6) is 0 Å². The van der Waals surface area contributed by atoms with Crippen LogP contribution in [0.1, 0.15) is 25.6 Å². The van der Waals surface area contributed by atoms with E-state index < -0.39 is 12.7 Å². The summed E-state index contributed by atoms with van der Waals surface area (Å²) < 4.78 is 44.4. The number of allylic oxidation sites excluding steroid dienone is 1. The second kappa shape index (κ2) is 7.31. The van der Waals surface area contributed by atoms with Crippen LogP contribution in [0.2, 0.25) is 0 Å². The van der Waals surface area contributed by atoms with Crippen LogP contribution >= 0.6 is 0 Å². The first kappa shape index (κ1) is 18.2. The number of ether oxygens (including phenoxy) is 1. The number of anilines is 1. The van der Waals surface area contributed by atoms with Gasteiger partial charge in [0.2, 0.25) is 0 Å². The van der Waals surface area contributed by atoms with Crippen molar-refractivity contribution in [1.29, 1.82) is 0 Å². The number of hydrogen-bond acceptors (Lipinski definition) is 5. The van der Waals surface area contributed by atoms with Crippen molar-refractivity contribution in [2.24, 2.45) is 5.92 Å². The SMILES string of the molecule is CC(C)C1=CCN(CC(F)(F)F)N1c1ccc([C@@H]2CNCCO2)nc1. The van der Waals surface area contributed by atoms with Crippen LogP contribution in [-0.2, 0) is 4.74 Å². The highest BCUT2D eigenvalue weighted by atomic mass is 19.4.